The van der Waals surface area contributed by atoms with Crippen molar-refractivity contribution in [2.45, 2.75) is 45.6 Å². The maximum Gasteiger partial charge on any atom is 0.306 e. The smallest absolute Gasteiger partial charge is 0.306 e. The summed E-state index contributed by atoms with van der Waals surface area (Å²) in [5, 5.41) is 13.3. The summed E-state index contributed by atoms with van der Waals surface area (Å²) in [6.45, 7) is 3.45. The van der Waals surface area contributed by atoms with Crippen LogP contribution < -0.4 is 5.73 Å². The molecular formula is C12H22N4O2. The van der Waals surface area contributed by atoms with Gasteiger partial charge in [0.1, 0.15) is 12.2 Å². The number of carboxylic acids is 1. The van der Waals surface area contributed by atoms with Gasteiger partial charge in [0.25, 0.3) is 0 Å². The number of aryl methyl sites for hydroxylation is 1. The SMILES string of the molecule is CCCn1ncnc1CC(CCCCN)C(=O)O. The van der Waals surface area contributed by atoms with Crippen LogP contribution in [0.25, 0.3) is 0 Å². The molecule has 18 heavy (non-hydrogen) atoms. The van der Waals surface area contributed by atoms with Crippen molar-refractivity contribution < 1.29 is 9.90 Å². The second-order valence-electron chi connectivity index (χ2n) is 4.42. The Balaban J connectivity index is 2.59. The Morgan fingerprint density at radius 1 is 1.56 bits per heavy atom. The average Bonchev–Trinajstić information content (AvgIpc) is 2.76. The Kier molecular flexibility index (Phi) is 6.35. The number of hydrogen-bond acceptors (Lipinski definition) is 4. The lowest BCUT2D eigenvalue weighted by Gasteiger charge is -2.12. The van der Waals surface area contributed by atoms with Crippen LogP contribution in [0.3, 0.4) is 0 Å². The van der Waals surface area contributed by atoms with E-state index in [9.17, 15) is 9.90 Å². The lowest BCUT2D eigenvalue weighted by molar-refractivity contribution is -0.142. The lowest BCUT2D eigenvalue weighted by atomic mass is 9.98. The predicted molar refractivity (Wildman–Crippen MR) is 68.0 cm³/mol. The molecule has 1 aromatic rings. The van der Waals surface area contributed by atoms with Crippen LogP contribution in [0, 0.1) is 5.92 Å². The summed E-state index contributed by atoms with van der Waals surface area (Å²) < 4.78 is 1.79. The first-order chi connectivity index (χ1) is 8.69. The Bertz CT molecular complexity index is 365. The molecule has 0 aromatic carbocycles. The van der Waals surface area contributed by atoms with Gasteiger partial charge in [0.15, 0.2) is 0 Å². The van der Waals surface area contributed by atoms with E-state index in [1.165, 1.54) is 6.33 Å². The molecule has 1 atom stereocenters. The maximum atomic E-state index is 11.2. The normalized spacial score (nSPS) is 12.6. The van der Waals surface area contributed by atoms with Gasteiger partial charge in [-0.3, -0.25) is 9.48 Å². The maximum absolute atomic E-state index is 11.2. The summed E-state index contributed by atoms with van der Waals surface area (Å²) in [6, 6.07) is 0. The van der Waals surface area contributed by atoms with Crippen molar-refractivity contribution in [1.82, 2.24) is 14.8 Å². The van der Waals surface area contributed by atoms with Crippen molar-refractivity contribution in [2.75, 3.05) is 6.54 Å². The second kappa shape index (κ2) is 7.81. The zero-order chi connectivity index (χ0) is 13.4. The van der Waals surface area contributed by atoms with Gasteiger partial charge < -0.3 is 10.8 Å². The van der Waals surface area contributed by atoms with Crippen LogP contribution in [0.4, 0.5) is 0 Å². The quantitative estimate of drug-likeness (QED) is 0.643. The summed E-state index contributed by atoms with van der Waals surface area (Å²) in [5.74, 6) is -0.397. The first-order valence-corrected chi connectivity index (χ1v) is 6.48. The third kappa shape index (κ3) is 4.44. The number of aromatic nitrogens is 3. The van der Waals surface area contributed by atoms with E-state index in [2.05, 4.69) is 17.0 Å². The second-order valence-corrected chi connectivity index (χ2v) is 4.42. The van der Waals surface area contributed by atoms with E-state index in [1.54, 1.807) is 4.68 Å². The minimum atomic E-state index is -0.766. The summed E-state index contributed by atoms with van der Waals surface area (Å²) in [7, 11) is 0. The van der Waals surface area contributed by atoms with Crippen molar-refractivity contribution in [2.24, 2.45) is 11.7 Å². The minimum Gasteiger partial charge on any atom is -0.481 e. The summed E-state index contributed by atoms with van der Waals surface area (Å²) in [4.78, 5) is 15.3. The van der Waals surface area contributed by atoms with Crippen LogP contribution >= 0.6 is 0 Å². The topological polar surface area (TPSA) is 94.0 Å². The third-order valence-electron chi connectivity index (χ3n) is 2.92. The van der Waals surface area contributed by atoms with Gasteiger partial charge in [-0.1, -0.05) is 13.3 Å². The molecule has 0 fully saturated rings. The number of nitrogens with two attached hydrogens (primary N) is 1. The molecule has 0 amide bonds. The van der Waals surface area contributed by atoms with E-state index in [0.29, 0.717) is 19.4 Å². The fourth-order valence-electron chi connectivity index (χ4n) is 1.91. The van der Waals surface area contributed by atoms with Crippen LogP contribution in [0.15, 0.2) is 6.33 Å². The average molecular weight is 254 g/mol. The summed E-state index contributed by atoms with van der Waals surface area (Å²) in [6.07, 6.45) is 5.25. The van der Waals surface area contributed by atoms with E-state index >= 15 is 0 Å². The summed E-state index contributed by atoms with van der Waals surface area (Å²) in [5.41, 5.74) is 5.42. The predicted octanol–water partition coefficient (Wildman–Crippen LogP) is 1.06. The van der Waals surface area contributed by atoms with Gasteiger partial charge in [-0.2, -0.15) is 5.10 Å². The number of aliphatic carboxylic acids is 1. The van der Waals surface area contributed by atoms with Crippen LogP contribution in [-0.2, 0) is 17.8 Å². The van der Waals surface area contributed by atoms with Gasteiger partial charge in [-0.15, -0.1) is 0 Å². The van der Waals surface area contributed by atoms with Crippen molar-refractivity contribution in [3.63, 3.8) is 0 Å². The van der Waals surface area contributed by atoms with Gasteiger partial charge >= 0.3 is 5.97 Å². The monoisotopic (exact) mass is 254 g/mol. The molecule has 0 aliphatic carbocycles. The Morgan fingerprint density at radius 2 is 2.33 bits per heavy atom. The summed E-state index contributed by atoms with van der Waals surface area (Å²) >= 11 is 0. The molecule has 1 heterocycles. The molecular weight excluding hydrogens is 232 g/mol. The highest BCUT2D eigenvalue weighted by Crippen LogP contribution is 2.14. The number of unbranched alkanes of at least 4 members (excludes halogenated alkanes) is 1. The molecule has 0 aliphatic heterocycles. The van der Waals surface area contributed by atoms with Crippen LogP contribution in [0.2, 0.25) is 0 Å². The fraction of sp³-hybridized carbons (Fsp3) is 0.750. The zero-order valence-corrected chi connectivity index (χ0v) is 10.9. The molecule has 3 N–H and O–H groups in total. The van der Waals surface area contributed by atoms with Crippen molar-refractivity contribution in [3.05, 3.63) is 12.2 Å². The van der Waals surface area contributed by atoms with Crippen LogP contribution in [-0.4, -0.2) is 32.4 Å². The molecule has 0 saturated heterocycles. The number of hydrogen-bond donors (Lipinski definition) is 2. The molecule has 1 unspecified atom stereocenters. The van der Waals surface area contributed by atoms with E-state index in [1.807, 2.05) is 0 Å². The number of rotatable bonds is 9. The van der Waals surface area contributed by atoms with Gasteiger partial charge in [0.2, 0.25) is 0 Å². The molecule has 0 aliphatic rings. The highest BCUT2D eigenvalue weighted by atomic mass is 16.4. The van der Waals surface area contributed by atoms with Gasteiger partial charge in [-0.05, 0) is 25.8 Å². The molecule has 6 nitrogen and oxygen atoms in total. The van der Waals surface area contributed by atoms with E-state index in [4.69, 9.17) is 5.73 Å². The van der Waals surface area contributed by atoms with Crippen LogP contribution in [0.1, 0.15) is 38.4 Å². The first-order valence-electron chi connectivity index (χ1n) is 6.48. The molecule has 1 rings (SSSR count). The van der Waals surface area contributed by atoms with Gasteiger partial charge in [-0.25, -0.2) is 4.98 Å². The Hall–Kier alpha value is -1.43. The lowest BCUT2D eigenvalue weighted by Crippen LogP contribution is -2.19. The van der Waals surface area contributed by atoms with Crippen LogP contribution in [0.5, 0.6) is 0 Å². The fourth-order valence-corrected chi connectivity index (χ4v) is 1.91. The van der Waals surface area contributed by atoms with E-state index in [-0.39, 0.29) is 0 Å². The van der Waals surface area contributed by atoms with E-state index in [0.717, 1.165) is 31.6 Å². The Labute approximate surface area is 107 Å². The van der Waals surface area contributed by atoms with Crippen molar-refractivity contribution >= 4 is 5.97 Å². The standard InChI is InChI=1S/C12H22N4O2/c1-2-7-16-11(14-9-15-16)8-10(12(17)18)5-3-4-6-13/h9-10H,2-8,13H2,1H3,(H,17,18). The third-order valence-corrected chi connectivity index (χ3v) is 2.92. The molecule has 6 heteroatoms. The molecule has 0 spiro atoms. The molecule has 0 bridgehead atoms. The van der Waals surface area contributed by atoms with Gasteiger partial charge in [0, 0.05) is 13.0 Å². The highest BCUT2D eigenvalue weighted by Gasteiger charge is 2.20. The number of nitrogens with zero attached hydrogens (tertiary/aromatic N) is 3. The Morgan fingerprint density at radius 3 is 2.94 bits per heavy atom. The number of carboxylic acid groups (broad SMARTS) is 1. The zero-order valence-electron chi connectivity index (χ0n) is 10.9. The number of carbonyl (C=O) groups is 1. The van der Waals surface area contributed by atoms with Crippen molar-refractivity contribution in [3.8, 4) is 0 Å². The molecule has 1 aromatic heterocycles. The highest BCUT2D eigenvalue weighted by molar-refractivity contribution is 5.70. The minimum absolute atomic E-state index is 0.392. The molecule has 0 saturated carbocycles. The largest absolute Gasteiger partial charge is 0.481 e. The molecule has 102 valence electrons. The van der Waals surface area contributed by atoms with Crippen molar-refractivity contribution in [1.29, 1.82) is 0 Å². The molecule has 0 radical (unpaired) electrons. The first kappa shape index (κ1) is 14.6. The van der Waals surface area contributed by atoms with Gasteiger partial charge in [0.05, 0.1) is 5.92 Å². The van der Waals surface area contributed by atoms with E-state index < -0.39 is 11.9 Å².